The van der Waals surface area contributed by atoms with E-state index in [2.05, 4.69) is 28.3 Å². The zero-order chi connectivity index (χ0) is 12.7. The third-order valence-electron chi connectivity index (χ3n) is 3.32. The average molecular weight is 263 g/mol. The number of anilines is 1. The number of aryl methyl sites for hydroxylation is 1. The van der Waals surface area contributed by atoms with Crippen molar-refractivity contribution in [1.29, 1.82) is 0 Å². The molecular formula is C12H17N5S. The third-order valence-corrected chi connectivity index (χ3v) is 4.03. The van der Waals surface area contributed by atoms with E-state index >= 15 is 0 Å². The average Bonchev–Trinajstić information content (AvgIpc) is 3.02. The molecule has 96 valence electrons. The van der Waals surface area contributed by atoms with Gasteiger partial charge in [-0.25, -0.2) is 9.67 Å². The fourth-order valence-corrected chi connectivity index (χ4v) is 2.82. The molecule has 3 rings (SSSR count). The molecule has 2 aromatic heterocycles. The van der Waals surface area contributed by atoms with Gasteiger partial charge in [-0.15, -0.1) is 0 Å². The highest BCUT2D eigenvalue weighted by Crippen LogP contribution is 2.39. The van der Waals surface area contributed by atoms with Gasteiger partial charge >= 0.3 is 0 Å². The van der Waals surface area contributed by atoms with E-state index in [1.165, 1.54) is 24.4 Å². The van der Waals surface area contributed by atoms with Crippen LogP contribution in [0, 0.1) is 0 Å². The number of rotatable bonds is 4. The molecule has 1 saturated carbocycles. The van der Waals surface area contributed by atoms with Crippen molar-refractivity contribution in [3.05, 3.63) is 17.2 Å². The summed E-state index contributed by atoms with van der Waals surface area (Å²) >= 11 is 1.42. The van der Waals surface area contributed by atoms with Gasteiger partial charge in [0.2, 0.25) is 5.13 Å². The molecule has 1 aliphatic carbocycles. The number of nitrogen functional groups attached to an aromatic ring is 1. The Balaban J connectivity index is 2.03. The number of hydrogen-bond donors (Lipinski definition) is 1. The molecule has 1 aliphatic rings. The van der Waals surface area contributed by atoms with Crippen molar-refractivity contribution in [2.75, 3.05) is 5.73 Å². The van der Waals surface area contributed by atoms with Crippen molar-refractivity contribution in [3.8, 4) is 5.13 Å². The van der Waals surface area contributed by atoms with Gasteiger partial charge in [0.1, 0.15) is 5.82 Å². The first-order valence-electron chi connectivity index (χ1n) is 6.44. The minimum absolute atomic E-state index is 0.582. The van der Waals surface area contributed by atoms with Gasteiger partial charge in [-0.2, -0.15) is 9.47 Å². The van der Waals surface area contributed by atoms with Crippen LogP contribution in [0.15, 0.2) is 0 Å². The molecule has 0 atom stereocenters. The first-order valence-corrected chi connectivity index (χ1v) is 7.22. The second-order valence-electron chi connectivity index (χ2n) is 4.64. The fraction of sp³-hybridized carbons (Fsp3) is 0.583. The van der Waals surface area contributed by atoms with E-state index < -0.39 is 0 Å². The van der Waals surface area contributed by atoms with Crippen molar-refractivity contribution in [2.45, 2.75) is 45.4 Å². The summed E-state index contributed by atoms with van der Waals surface area (Å²) in [4.78, 5) is 4.59. The molecule has 18 heavy (non-hydrogen) atoms. The molecule has 0 unspecified atom stereocenters. The number of aromatic nitrogens is 4. The van der Waals surface area contributed by atoms with Crippen molar-refractivity contribution in [3.63, 3.8) is 0 Å². The molecule has 2 heterocycles. The number of hydrogen-bond acceptors (Lipinski definition) is 5. The predicted molar refractivity (Wildman–Crippen MR) is 72.2 cm³/mol. The van der Waals surface area contributed by atoms with E-state index in [0.29, 0.717) is 5.92 Å². The molecule has 6 heteroatoms. The number of nitrogens with two attached hydrogens (primary N) is 1. The van der Waals surface area contributed by atoms with Crippen LogP contribution in [-0.4, -0.2) is 19.1 Å². The second-order valence-corrected chi connectivity index (χ2v) is 5.37. The Kier molecular flexibility index (Phi) is 2.81. The maximum absolute atomic E-state index is 6.11. The Bertz CT molecular complexity index is 567. The molecular weight excluding hydrogens is 246 g/mol. The van der Waals surface area contributed by atoms with Crippen LogP contribution in [0.4, 0.5) is 5.69 Å². The molecule has 0 amide bonds. The molecule has 2 aromatic rings. The van der Waals surface area contributed by atoms with Crippen LogP contribution in [0.1, 0.15) is 49.8 Å². The van der Waals surface area contributed by atoms with Crippen molar-refractivity contribution in [1.82, 2.24) is 19.1 Å². The monoisotopic (exact) mass is 263 g/mol. The van der Waals surface area contributed by atoms with Crippen molar-refractivity contribution < 1.29 is 0 Å². The summed E-state index contributed by atoms with van der Waals surface area (Å²) in [6, 6.07) is 0. The summed E-state index contributed by atoms with van der Waals surface area (Å²) in [5.74, 6) is 1.56. The summed E-state index contributed by atoms with van der Waals surface area (Å²) in [6.45, 7) is 4.16. The van der Waals surface area contributed by atoms with E-state index in [-0.39, 0.29) is 0 Å². The summed E-state index contributed by atoms with van der Waals surface area (Å²) in [7, 11) is 0. The van der Waals surface area contributed by atoms with Crippen LogP contribution in [-0.2, 0) is 12.8 Å². The van der Waals surface area contributed by atoms with E-state index in [9.17, 15) is 0 Å². The standard InChI is InChI=1S/C12H17N5S/c1-3-8-10(13)9(4-2)17(15-8)12-14-11(16-18-12)7-5-6-7/h7H,3-6,13H2,1-2H3. The normalized spacial score (nSPS) is 15.2. The first-order chi connectivity index (χ1) is 8.74. The molecule has 0 saturated heterocycles. The van der Waals surface area contributed by atoms with E-state index in [0.717, 1.165) is 40.9 Å². The summed E-state index contributed by atoms with van der Waals surface area (Å²) in [5, 5.41) is 5.41. The SMILES string of the molecule is CCc1nn(-c2nc(C3CC3)ns2)c(CC)c1N. The van der Waals surface area contributed by atoms with Gasteiger partial charge in [-0.1, -0.05) is 13.8 Å². The van der Waals surface area contributed by atoms with Gasteiger partial charge in [0.15, 0.2) is 0 Å². The van der Waals surface area contributed by atoms with E-state index in [1.807, 2.05) is 4.68 Å². The Morgan fingerprint density at radius 3 is 2.72 bits per heavy atom. The predicted octanol–water partition coefficient (Wildman–Crippen LogP) is 2.31. The second kappa shape index (κ2) is 4.35. The molecule has 0 aromatic carbocycles. The summed E-state index contributed by atoms with van der Waals surface area (Å²) < 4.78 is 6.30. The minimum atomic E-state index is 0.582. The summed E-state index contributed by atoms with van der Waals surface area (Å²) in [6.07, 6.45) is 4.15. The van der Waals surface area contributed by atoms with Crippen LogP contribution < -0.4 is 5.73 Å². The van der Waals surface area contributed by atoms with Crippen molar-refractivity contribution in [2.24, 2.45) is 0 Å². The fourth-order valence-electron chi connectivity index (χ4n) is 2.09. The molecule has 0 bridgehead atoms. The lowest BCUT2D eigenvalue weighted by Gasteiger charge is -2.00. The molecule has 0 spiro atoms. The Labute approximate surface area is 110 Å². The van der Waals surface area contributed by atoms with Crippen molar-refractivity contribution >= 4 is 17.2 Å². The topological polar surface area (TPSA) is 69.6 Å². The lowest BCUT2D eigenvalue weighted by atomic mass is 10.2. The van der Waals surface area contributed by atoms with Crippen LogP contribution in [0.3, 0.4) is 0 Å². The van der Waals surface area contributed by atoms with Crippen LogP contribution in [0.5, 0.6) is 0 Å². The van der Waals surface area contributed by atoms with Crippen LogP contribution in [0.2, 0.25) is 0 Å². The first kappa shape index (κ1) is 11.6. The third kappa shape index (κ3) is 1.80. The van der Waals surface area contributed by atoms with Crippen LogP contribution >= 0.6 is 11.5 Å². The lowest BCUT2D eigenvalue weighted by Crippen LogP contribution is -2.02. The molecule has 0 aliphatic heterocycles. The van der Waals surface area contributed by atoms with E-state index in [4.69, 9.17) is 5.73 Å². The summed E-state index contributed by atoms with van der Waals surface area (Å²) in [5.41, 5.74) is 8.92. The van der Waals surface area contributed by atoms with Crippen LogP contribution in [0.25, 0.3) is 5.13 Å². The van der Waals surface area contributed by atoms with Gasteiger partial charge in [-0.3, -0.25) is 0 Å². The Morgan fingerprint density at radius 2 is 2.11 bits per heavy atom. The highest BCUT2D eigenvalue weighted by molar-refractivity contribution is 7.08. The molecule has 5 nitrogen and oxygen atoms in total. The Morgan fingerprint density at radius 1 is 1.33 bits per heavy atom. The zero-order valence-corrected chi connectivity index (χ0v) is 11.5. The van der Waals surface area contributed by atoms with E-state index in [1.54, 1.807) is 0 Å². The zero-order valence-electron chi connectivity index (χ0n) is 10.7. The molecule has 0 radical (unpaired) electrons. The maximum Gasteiger partial charge on any atom is 0.230 e. The quantitative estimate of drug-likeness (QED) is 0.919. The number of nitrogens with zero attached hydrogens (tertiary/aromatic N) is 4. The van der Waals surface area contributed by atoms with Gasteiger partial charge < -0.3 is 5.73 Å². The van der Waals surface area contributed by atoms with Gasteiger partial charge in [0.05, 0.1) is 17.1 Å². The molecule has 1 fully saturated rings. The van der Waals surface area contributed by atoms with Gasteiger partial charge in [-0.05, 0) is 25.7 Å². The smallest absolute Gasteiger partial charge is 0.230 e. The maximum atomic E-state index is 6.11. The largest absolute Gasteiger partial charge is 0.396 e. The highest BCUT2D eigenvalue weighted by Gasteiger charge is 2.28. The molecule has 2 N–H and O–H groups in total. The highest BCUT2D eigenvalue weighted by atomic mass is 32.1. The lowest BCUT2D eigenvalue weighted by molar-refractivity contribution is 0.781. The Hall–Kier alpha value is -1.43. The van der Waals surface area contributed by atoms with Gasteiger partial charge in [0.25, 0.3) is 0 Å². The minimum Gasteiger partial charge on any atom is -0.396 e. The van der Waals surface area contributed by atoms with Gasteiger partial charge in [0, 0.05) is 17.5 Å².